The Labute approximate surface area is 817 Å². The summed E-state index contributed by atoms with van der Waals surface area (Å²) in [6.45, 7) is 17.9. The summed E-state index contributed by atoms with van der Waals surface area (Å²) in [6.07, 6.45) is 32.1. The van der Waals surface area contributed by atoms with E-state index in [2.05, 4.69) is 466 Å². The van der Waals surface area contributed by atoms with Crippen molar-refractivity contribution >= 4 is 5.69 Å². The third-order valence-corrected chi connectivity index (χ3v) is 30.2. The van der Waals surface area contributed by atoms with E-state index in [-0.39, 0.29) is 0 Å². The van der Waals surface area contributed by atoms with Crippen molar-refractivity contribution < 1.29 is 0 Å². The van der Waals surface area contributed by atoms with Crippen LogP contribution < -0.4 is 10.2 Å². The zero-order valence-electron chi connectivity index (χ0n) is 83.0. The molecule has 1 saturated carbocycles. The zero-order chi connectivity index (χ0) is 93.3. The maximum absolute atomic E-state index is 3.71. The molecule has 0 amide bonds. The van der Waals surface area contributed by atoms with Gasteiger partial charge >= 0.3 is 0 Å². The van der Waals surface area contributed by atoms with Crippen LogP contribution in [0.25, 0.3) is 0 Å². The Morgan fingerprint density at radius 3 is 0.837 bits per heavy atom. The zero-order valence-corrected chi connectivity index (χ0v) is 83.0. The molecule has 13 aromatic rings. The van der Waals surface area contributed by atoms with Crippen LogP contribution >= 0.6 is 0 Å². The molecule has 5 aliphatic rings. The lowest BCUT2D eigenvalue weighted by molar-refractivity contribution is 0.157. The van der Waals surface area contributed by atoms with E-state index in [0.29, 0.717) is 41.5 Å². The van der Waals surface area contributed by atoms with E-state index in [4.69, 9.17) is 0 Å². The van der Waals surface area contributed by atoms with Crippen molar-refractivity contribution in [3.63, 3.8) is 0 Å². The maximum Gasteiger partial charge on any atom is 0.0363 e. The second kappa shape index (κ2) is 58.1. The van der Waals surface area contributed by atoms with Gasteiger partial charge in [0.25, 0.3) is 0 Å². The van der Waals surface area contributed by atoms with Gasteiger partial charge in [-0.05, 0) is 274 Å². The molecule has 708 valence electrons. The minimum absolute atomic E-state index is 0.434. The molecule has 0 bridgehead atoms. The van der Waals surface area contributed by atoms with Crippen LogP contribution in [0.1, 0.15) is 277 Å². The van der Waals surface area contributed by atoms with Crippen LogP contribution in [0.2, 0.25) is 0 Å². The second-order valence-corrected chi connectivity index (χ2v) is 39.7. The van der Waals surface area contributed by atoms with Gasteiger partial charge in [0.05, 0.1) is 0 Å². The van der Waals surface area contributed by atoms with Crippen LogP contribution in [0.3, 0.4) is 0 Å². The Kier molecular flexibility index (Phi) is 43.9. The first-order valence-electron chi connectivity index (χ1n) is 52.5. The lowest BCUT2D eigenvalue weighted by Crippen LogP contribution is -2.43. The summed E-state index contributed by atoms with van der Waals surface area (Å²) >= 11 is 0. The standard InChI is InChI=1S/C22H30N2.C22H23N.C22H28.3C21H27N/c1-24-17-9-8-14-21(24)18-23-16-15-22(19-10-4-2-5-11-19)20-12-6-3-7-13-20;1-23(21-15-9-4-10-16-21)18-17-22(19-11-5-2-6-12-19)20-13-7-3-8-14-20;1-18-9-8-10-19(17-18)15-16-22(20-11-4-2-5-12-20)21-13-6-3-7-14-21;2*1-18-10-8-9-16-22(18)17-15-21(19-11-4-2-5-12-19)20-13-6-3-7-14-20;1-22-17-9-8-14-20(22)15-16-21(18-10-4-2-5-11-18)19-12-6-3-7-13-19/h2-7,10-13,21-23H,8-9,14-18H2,1H3;2-16,22H,17-18H2,1H3;2-7,11-14,18-19,22H,8-10,15-17H2,1H3;2*2-7,11-14,18,21H,8-10,15-17H2,1H3;2-7,10-13,20-21H,8-9,14-17H2,1H3. The van der Waals surface area contributed by atoms with Crippen molar-refractivity contribution in [1.29, 1.82) is 0 Å². The molecule has 6 nitrogen and oxygen atoms in total. The molecule has 4 aliphatic heterocycles. The monoisotopic (exact) mass is 1800 g/mol. The summed E-state index contributed by atoms with van der Waals surface area (Å²) in [7, 11) is 6.73. The fraction of sp³-hybridized carbons (Fsp3) is 0.395. The van der Waals surface area contributed by atoms with Crippen LogP contribution in [-0.2, 0) is 0 Å². The van der Waals surface area contributed by atoms with Gasteiger partial charge in [-0.2, -0.15) is 0 Å². The van der Waals surface area contributed by atoms with E-state index >= 15 is 0 Å². The molecule has 1 N–H and O–H groups in total. The van der Waals surface area contributed by atoms with Gasteiger partial charge in [-0.3, -0.25) is 0 Å². The highest BCUT2D eigenvalue weighted by Gasteiger charge is 2.28. The van der Waals surface area contributed by atoms with Crippen LogP contribution in [0.5, 0.6) is 0 Å². The molecule has 6 heteroatoms. The number of likely N-dealkylation sites (tertiary alicyclic amines) is 4. The predicted octanol–water partition coefficient (Wildman–Crippen LogP) is 31.3. The summed E-state index contributed by atoms with van der Waals surface area (Å²) in [5.41, 5.74) is 18.5. The fourth-order valence-electron chi connectivity index (χ4n) is 22.1. The van der Waals surface area contributed by atoms with Gasteiger partial charge in [-0.15, -0.1) is 0 Å². The molecule has 6 atom stereocenters. The Hall–Kier alpha value is -10.5. The van der Waals surface area contributed by atoms with Crippen molar-refractivity contribution in [3.05, 3.63) is 461 Å². The lowest BCUT2D eigenvalue weighted by Gasteiger charge is -2.34. The molecule has 13 aromatic carbocycles. The van der Waals surface area contributed by atoms with Crippen molar-refractivity contribution in [3.8, 4) is 0 Å². The van der Waals surface area contributed by atoms with Crippen molar-refractivity contribution in [2.45, 2.75) is 235 Å². The van der Waals surface area contributed by atoms with Gasteiger partial charge in [-0.25, -0.2) is 0 Å². The van der Waals surface area contributed by atoms with Gasteiger partial charge in [0.2, 0.25) is 0 Å². The number of hydrogen-bond donors (Lipinski definition) is 1. The summed E-state index contributed by atoms with van der Waals surface area (Å²) in [5.74, 6) is 4.89. The molecular weight excluding hydrogens is 1630 g/mol. The van der Waals surface area contributed by atoms with E-state index in [0.717, 1.165) is 62.4 Å². The van der Waals surface area contributed by atoms with E-state index in [1.165, 1.54) is 253 Å². The molecule has 18 rings (SSSR count). The first kappa shape index (κ1) is 102. The average Bonchev–Trinajstić information content (AvgIpc) is 0.866. The molecule has 0 spiro atoms. The highest BCUT2D eigenvalue weighted by Crippen LogP contribution is 2.40. The van der Waals surface area contributed by atoms with Gasteiger partial charge in [0, 0.05) is 85.5 Å². The normalized spacial score (nSPS) is 18.3. The molecule has 135 heavy (non-hydrogen) atoms. The Bertz CT molecular complexity index is 4670. The number of para-hydroxylation sites is 1. The Balaban J connectivity index is 0.000000137. The van der Waals surface area contributed by atoms with E-state index in [1.807, 2.05) is 0 Å². The van der Waals surface area contributed by atoms with E-state index < -0.39 is 0 Å². The Morgan fingerprint density at radius 2 is 0.533 bits per heavy atom. The molecular formula is C129H162N6. The quantitative estimate of drug-likeness (QED) is 0.0412. The number of nitrogens with one attached hydrogen (secondary N) is 1. The maximum atomic E-state index is 3.71. The number of rotatable bonds is 33. The lowest BCUT2D eigenvalue weighted by atomic mass is 9.77. The highest BCUT2D eigenvalue weighted by molar-refractivity contribution is 5.46. The first-order chi connectivity index (χ1) is 66.5. The third-order valence-electron chi connectivity index (χ3n) is 30.2. The molecule has 5 fully saturated rings. The van der Waals surface area contributed by atoms with Crippen molar-refractivity contribution in [2.75, 3.05) is 84.9 Å². The third kappa shape index (κ3) is 34.0. The number of likely N-dealkylation sites (N-methyl/N-ethyl adjacent to an activating group) is 1. The minimum Gasteiger partial charge on any atom is -0.375 e. The van der Waals surface area contributed by atoms with Gasteiger partial charge < -0.3 is 29.8 Å². The number of nitrogens with zero attached hydrogens (tertiary/aromatic N) is 5. The average molecular weight is 1800 g/mol. The minimum atomic E-state index is 0.434. The van der Waals surface area contributed by atoms with E-state index in [9.17, 15) is 0 Å². The van der Waals surface area contributed by atoms with Crippen LogP contribution in [-0.4, -0.2) is 124 Å². The van der Waals surface area contributed by atoms with Crippen LogP contribution in [0.15, 0.2) is 394 Å². The number of anilines is 1. The SMILES string of the molecule is CC1CCCC(CCC(c2ccccc2)c2ccccc2)C1.CC1CCCCN1CCC(c1ccccc1)c1ccccc1.CC1CCCCN1CCC(c1ccccc1)c1ccccc1.CN(CCC(c1ccccc1)c1ccccc1)c1ccccc1.CN1CCCCC1CCC(c1ccccc1)c1ccccc1.CN1CCCCC1CNCCC(c1ccccc1)c1ccccc1. The van der Waals surface area contributed by atoms with Crippen LogP contribution in [0, 0.1) is 11.8 Å². The van der Waals surface area contributed by atoms with Crippen molar-refractivity contribution in [1.82, 2.24) is 24.9 Å². The van der Waals surface area contributed by atoms with Gasteiger partial charge in [0.1, 0.15) is 0 Å². The van der Waals surface area contributed by atoms with Crippen LogP contribution in [0.4, 0.5) is 5.69 Å². The first-order valence-corrected chi connectivity index (χ1v) is 52.5. The number of benzene rings is 13. The summed E-state index contributed by atoms with van der Waals surface area (Å²) in [6, 6.07) is 145. The molecule has 6 unspecified atom stereocenters. The number of piperidine rings is 4. The summed E-state index contributed by atoms with van der Waals surface area (Å²) < 4.78 is 0. The molecule has 4 saturated heterocycles. The Morgan fingerprint density at radius 1 is 0.267 bits per heavy atom. The number of hydrogen-bond acceptors (Lipinski definition) is 6. The fourth-order valence-corrected chi connectivity index (χ4v) is 22.1. The summed E-state index contributed by atoms with van der Waals surface area (Å²) in [5, 5.41) is 3.71. The molecule has 0 aromatic heterocycles. The molecule has 4 heterocycles. The largest absolute Gasteiger partial charge is 0.375 e. The predicted molar refractivity (Wildman–Crippen MR) is 579 cm³/mol. The topological polar surface area (TPSA) is 28.2 Å². The molecule has 1 aliphatic carbocycles. The van der Waals surface area contributed by atoms with E-state index in [1.54, 1.807) is 0 Å². The van der Waals surface area contributed by atoms with Gasteiger partial charge in [-0.1, -0.05) is 434 Å². The molecule has 0 radical (unpaired) electrons. The summed E-state index contributed by atoms with van der Waals surface area (Å²) in [4.78, 5) is 12.8. The smallest absolute Gasteiger partial charge is 0.0363 e. The van der Waals surface area contributed by atoms with Gasteiger partial charge in [0.15, 0.2) is 0 Å². The highest BCUT2D eigenvalue weighted by atomic mass is 15.2. The van der Waals surface area contributed by atoms with Crippen molar-refractivity contribution in [2.24, 2.45) is 11.8 Å². The second-order valence-electron chi connectivity index (χ2n) is 39.7.